The Kier molecular flexibility index (Phi) is 11.0. The summed E-state index contributed by atoms with van der Waals surface area (Å²) >= 11 is 0. The minimum absolute atomic E-state index is 0.311. The average Bonchev–Trinajstić information content (AvgIpc) is 3.30. The molecular formula is C25H40N4O4. The second-order valence-electron chi connectivity index (χ2n) is 8.66. The molecule has 0 unspecified atom stereocenters. The van der Waals surface area contributed by atoms with Gasteiger partial charge in [-0.1, -0.05) is 0 Å². The lowest BCUT2D eigenvalue weighted by atomic mass is 9.84. The summed E-state index contributed by atoms with van der Waals surface area (Å²) in [7, 11) is 5.81. The van der Waals surface area contributed by atoms with Crippen molar-refractivity contribution in [2.24, 2.45) is 0 Å². The zero-order chi connectivity index (χ0) is 23.3. The maximum Gasteiger partial charge on any atom is 0.119 e. The Bertz CT molecular complexity index is 775. The van der Waals surface area contributed by atoms with Gasteiger partial charge in [0, 0.05) is 43.9 Å². The molecule has 0 bridgehead atoms. The van der Waals surface area contributed by atoms with Crippen molar-refractivity contribution < 1.29 is 18.9 Å². The van der Waals surface area contributed by atoms with Crippen LogP contribution in [0.3, 0.4) is 0 Å². The predicted octanol–water partition coefficient (Wildman–Crippen LogP) is 3.21. The number of benzene rings is 1. The normalized spacial score (nSPS) is 18.5. The summed E-state index contributed by atoms with van der Waals surface area (Å²) in [6, 6.07) is 7.67. The highest BCUT2D eigenvalue weighted by Crippen LogP contribution is 2.34. The van der Waals surface area contributed by atoms with Crippen molar-refractivity contribution in [2.75, 3.05) is 60.7 Å². The molecule has 33 heavy (non-hydrogen) atoms. The standard InChI is InChI=1S/C25H40N4O4/c1-26-12-13-29(2)19-21-18-27-28-25(21)20-4-6-22(7-5-20)32-16-17-33-24-10-8-23(9-11-24)31-15-14-30-3/h8-11,18,20,22,26H,4-7,12-17,19H2,1-3H3,(H,27,28). The van der Waals surface area contributed by atoms with E-state index < -0.39 is 0 Å². The Hall–Kier alpha value is -2.13. The Morgan fingerprint density at radius 3 is 2.30 bits per heavy atom. The highest BCUT2D eigenvalue weighted by Gasteiger charge is 2.26. The number of nitrogens with zero attached hydrogens (tertiary/aromatic N) is 2. The zero-order valence-corrected chi connectivity index (χ0v) is 20.3. The van der Waals surface area contributed by atoms with E-state index in [-0.39, 0.29) is 0 Å². The first-order chi connectivity index (χ1) is 16.2. The van der Waals surface area contributed by atoms with Gasteiger partial charge in [0.1, 0.15) is 24.7 Å². The van der Waals surface area contributed by atoms with Crippen LogP contribution in [-0.4, -0.2) is 81.9 Å². The van der Waals surface area contributed by atoms with E-state index in [0.717, 1.165) is 56.8 Å². The number of nitrogens with one attached hydrogen (secondary N) is 2. The van der Waals surface area contributed by atoms with Gasteiger partial charge in [-0.05, 0) is 64.0 Å². The van der Waals surface area contributed by atoms with Crippen LogP contribution in [0.4, 0.5) is 0 Å². The first-order valence-electron chi connectivity index (χ1n) is 12.0. The largest absolute Gasteiger partial charge is 0.491 e. The number of aromatic nitrogens is 2. The number of hydrogen-bond donors (Lipinski definition) is 2. The molecule has 184 valence electrons. The molecule has 8 nitrogen and oxygen atoms in total. The van der Waals surface area contributed by atoms with Crippen LogP contribution in [0.5, 0.6) is 11.5 Å². The van der Waals surface area contributed by atoms with Crippen LogP contribution in [0.2, 0.25) is 0 Å². The third-order valence-corrected chi connectivity index (χ3v) is 6.10. The van der Waals surface area contributed by atoms with Crippen molar-refractivity contribution >= 4 is 0 Å². The van der Waals surface area contributed by atoms with E-state index in [1.54, 1.807) is 7.11 Å². The molecular weight excluding hydrogens is 420 g/mol. The van der Waals surface area contributed by atoms with E-state index in [2.05, 4.69) is 27.5 Å². The van der Waals surface area contributed by atoms with E-state index in [0.29, 0.717) is 38.4 Å². The van der Waals surface area contributed by atoms with Gasteiger partial charge >= 0.3 is 0 Å². The van der Waals surface area contributed by atoms with Crippen molar-refractivity contribution in [1.82, 2.24) is 20.4 Å². The van der Waals surface area contributed by atoms with Crippen LogP contribution in [0.25, 0.3) is 0 Å². The molecule has 1 aromatic heterocycles. The number of rotatable bonds is 15. The van der Waals surface area contributed by atoms with Crippen molar-refractivity contribution in [3.05, 3.63) is 41.7 Å². The van der Waals surface area contributed by atoms with Gasteiger partial charge in [0.2, 0.25) is 0 Å². The molecule has 1 heterocycles. The SMILES string of the molecule is CNCCN(C)Cc1cn[nH]c1C1CCC(OCCOc2ccc(OCCOC)cc2)CC1. The molecule has 1 fully saturated rings. The lowest BCUT2D eigenvalue weighted by Gasteiger charge is -2.29. The summed E-state index contributed by atoms with van der Waals surface area (Å²) in [5.41, 5.74) is 2.63. The molecule has 0 aliphatic heterocycles. The van der Waals surface area contributed by atoms with Crippen LogP contribution < -0.4 is 14.8 Å². The van der Waals surface area contributed by atoms with Crippen molar-refractivity contribution in [2.45, 2.75) is 44.2 Å². The fraction of sp³-hybridized carbons (Fsp3) is 0.640. The topological polar surface area (TPSA) is 80.9 Å². The second-order valence-corrected chi connectivity index (χ2v) is 8.66. The highest BCUT2D eigenvalue weighted by atomic mass is 16.5. The Labute approximate surface area is 197 Å². The number of likely N-dealkylation sites (N-methyl/N-ethyl adjacent to an activating group) is 2. The minimum Gasteiger partial charge on any atom is -0.491 e. The van der Waals surface area contributed by atoms with Gasteiger partial charge in [0.05, 0.1) is 25.5 Å². The van der Waals surface area contributed by atoms with Gasteiger partial charge in [-0.25, -0.2) is 0 Å². The number of ether oxygens (including phenoxy) is 4. The molecule has 0 atom stereocenters. The van der Waals surface area contributed by atoms with E-state index in [9.17, 15) is 0 Å². The summed E-state index contributed by atoms with van der Waals surface area (Å²) in [6.45, 7) is 5.22. The average molecular weight is 461 g/mol. The maximum atomic E-state index is 6.09. The van der Waals surface area contributed by atoms with Gasteiger partial charge in [-0.2, -0.15) is 5.10 Å². The van der Waals surface area contributed by atoms with Gasteiger partial charge in [-0.3, -0.25) is 5.10 Å². The molecule has 1 saturated carbocycles. The highest BCUT2D eigenvalue weighted by molar-refractivity contribution is 5.31. The Morgan fingerprint density at radius 2 is 1.67 bits per heavy atom. The number of aromatic amines is 1. The van der Waals surface area contributed by atoms with Crippen molar-refractivity contribution in [3.8, 4) is 11.5 Å². The fourth-order valence-corrected chi connectivity index (χ4v) is 4.24. The third kappa shape index (κ3) is 8.62. The molecule has 0 spiro atoms. The van der Waals surface area contributed by atoms with Crippen LogP contribution in [0, 0.1) is 0 Å². The summed E-state index contributed by atoms with van der Waals surface area (Å²) in [5.74, 6) is 2.19. The molecule has 0 radical (unpaired) electrons. The minimum atomic E-state index is 0.311. The van der Waals surface area contributed by atoms with Gasteiger partial charge in [0.25, 0.3) is 0 Å². The lowest BCUT2D eigenvalue weighted by molar-refractivity contribution is 0.00949. The van der Waals surface area contributed by atoms with E-state index in [1.807, 2.05) is 37.5 Å². The van der Waals surface area contributed by atoms with Gasteiger partial charge in [0.15, 0.2) is 0 Å². The third-order valence-electron chi connectivity index (χ3n) is 6.10. The molecule has 1 aliphatic carbocycles. The van der Waals surface area contributed by atoms with Gasteiger partial charge < -0.3 is 29.2 Å². The Morgan fingerprint density at radius 1 is 1.00 bits per heavy atom. The molecule has 0 amide bonds. The van der Waals surface area contributed by atoms with Crippen LogP contribution in [0.1, 0.15) is 42.9 Å². The number of methoxy groups -OCH3 is 1. The quantitative estimate of drug-likeness (QED) is 0.395. The summed E-state index contributed by atoms with van der Waals surface area (Å²) < 4.78 is 22.5. The van der Waals surface area contributed by atoms with Crippen molar-refractivity contribution in [1.29, 1.82) is 0 Å². The molecule has 8 heteroatoms. The van der Waals surface area contributed by atoms with Crippen LogP contribution >= 0.6 is 0 Å². The molecule has 2 aromatic rings. The maximum absolute atomic E-state index is 6.09. The molecule has 0 saturated heterocycles. The summed E-state index contributed by atoms with van der Waals surface area (Å²) in [6.07, 6.45) is 6.71. The first kappa shape index (κ1) is 25.5. The predicted molar refractivity (Wildman–Crippen MR) is 129 cm³/mol. The van der Waals surface area contributed by atoms with Crippen LogP contribution in [0.15, 0.2) is 30.5 Å². The zero-order valence-electron chi connectivity index (χ0n) is 20.3. The summed E-state index contributed by atoms with van der Waals surface area (Å²) in [4.78, 5) is 2.33. The van der Waals surface area contributed by atoms with E-state index in [1.165, 1.54) is 11.3 Å². The monoisotopic (exact) mass is 460 g/mol. The smallest absolute Gasteiger partial charge is 0.119 e. The van der Waals surface area contributed by atoms with Crippen molar-refractivity contribution in [3.63, 3.8) is 0 Å². The number of H-pyrrole nitrogens is 1. The molecule has 3 rings (SSSR count). The van der Waals surface area contributed by atoms with E-state index in [4.69, 9.17) is 18.9 Å². The van der Waals surface area contributed by atoms with Gasteiger partial charge in [-0.15, -0.1) is 0 Å². The Balaban J connectivity index is 1.32. The first-order valence-corrected chi connectivity index (χ1v) is 12.0. The summed E-state index contributed by atoms with van der Waals surface area (Å²) in [5, 5.41) is 10.8. The van der Waals surface area contributed by atoms with E-state index >= 15 is 0 Å². The van der Waals surface area contributed by atoms with Crippen LogP contribution in [-0.2, 0) is 16.0 Å². The lowest BCUT2D eigenvalue weighted by Crippen LogP contribution is -2.27. The molecule has 2 N–H and O–H groups in total. The number of hydrogen-bond acceptors (Lipinski definition) is 7. The molecule has 1 aliphatic rings. The molecule has 1 aromatic carbocycles. The fourth-order valence-electron chi connectivity index (χ4n) is 4.24. The second kappa shape index (κ2) is 14.2.